The Morgan fingerprint density at radius 2 is 2.47 bits per heavy atom. The Morgan fingerprint density at radius 1 is 1.65 bits per heavy atom. The number of carbonyl (C=O) groups is 1. The maximum atomic E-state index is 11.5. The Hall–Kier alpha value is -1.13. The Kier molecular flexibility index (Phi) is 6.58. The molecule has 1 atom stereocenters. The van der Waals surface area contributed by atoms with Crippen LogP contribution in [0, 0.1) is 5.92 Å². The van der Waals surface area contributed by atoms with E-state index in [1.807, 2.05) is 23.6 Å². The third-order valence-electron chi connectivity index (χ3n) is 2.62. The van der Waals surface area contributed by atoms with E-state index in [-0.39, 0.29) is 12.5 Å². The summed E-state index contributed by atoms with van der Waals surface area (Å²) in [6.45, 7) is 2.87. The van der Waals surface area contributed by atoms with Gasteiger partial charge in [-0.1, -0.05) is 19.4 Å². The smallest absolute Gasteiger partial charge is 0.244 e. The predicted octanol–water partition coefficient (Wildman–Crippen LogP) is 2.29. The van der Waals surface area contributed by atoms with E-state index in [4.69, 9.17) is 5.11 Å². The molecule has 1 unspecified atom stereocenters. The number of amides is 1. The van der Waals surface area contributed by atoms with Gasteiger partial charge in [0.25, 0.3) is 0 Å². The average molecular weight is 253 g/mol. The summed E-state index contributed by atoms with van der Waals surface area (Å²) in [5.74, 6) is 0.286. The van der Waals surface area contributed by atoms with Gasteiger partial charge < -0.3 is 10.4 Å². The van der Waals surface area contributed by atoms with Crippen molar-refractivity contribution in [2.75, 3.05) is 13.2 Å². The van der Waals surface area contributed by atoms with E-state index in [0.29, 0.717) is 12.5 Å². The van der Waals surface area contributed by atoms with Crippen LogP contribution in [0.5, 0.6) is 0 Å². The highest BCUT2D eigenvalue weighted by Crippen LogP contribution is 2.10. The van der Waals surface area contributed by atoms with Gasteiger partial charge >= 0.3 is 0 Å². The quantitative estimate of drug-likeness (QED) is 0.732. The lowest BCUT2D eigenvalue weighted by Crippen LogP contribution is -2.28. The van der Waals surface area contributed by atoms with Gasteiger partial charge in [0.05, 0.1) is 0 Å². The first-order chi connectivity index (χ1) is 8.26. The van der Waals surface area contributed by atoms with Gasteiger partial charge in [-0.15, -0.1) is 11.3 Å². The fourth-order valence-corrected chi connectivity index (χ4v) is 2.10. The lowest BCUT2D eigenvalue weighted by Gasteiger charge is -2.13. The molecular formula is C13H19NO2S. The molecule has 0 saturated carbocycles. The zero-order chi connectivity index (χ0) is 12.5. The molecule has 0 aliphatic heterocycles. The summed E-state index contributed by atoms with van der Waals surface area (Å²) in [7, 11) is 0. The SMILES string of the molecule is CCC(CCO)CNC(=O)C=Cc1cccs1. The predicted molar refractivity (Wildman–Crippen MR) is 71.8 cm³/mol. The van der Waals surface area contributed by atoms with Crippen LogP contribution in [0.4, 0.5) is 0 Å². The van der Waals surface area contributed by atoms with Gasteiger partial charge in [-0.25, -0.2) is 0 Å². The molecule has 0 aliphatic rings. The van der Waals surface area contributed by atoms with Crippen molar-refractivity contribution in [3.63, 3.8) is 0 Å². The molecule has 0 spiro atoms. The third-order valence-corrected chi connectivity index (χ3v) is 3.46. The fourth-order valence-electron chi connectivity index (χ4n) is 1.48. The maximum Gasteiger partial charge on any atom is 0.244 e. The first-order valence-electron chi connectivity index (χ1n) is 5.86. The van der Waals surface area contributed by atoms with Crippen LogP contribution < -0.4 is 5.32 Å². The standard InChI is InChI=1S/C13H19NO2S/c1-2-11(7-8-15)10-14-13(16)6-5-12-4-3-9-17-12/h3-6,9,11,15H,2,7-8,10H2,1H3,(H,14,16). The van der Waals surface area contributed by atoms with Crippen molar-refractivity contribution in [1.29, 1.82) is 0 Å². The fraction of sp³-hybridized carbons (Fsp3) is 0.462. The Bertz CT molecular complexity index is 346. The van der Waals surface area contributed by atoms with Gasteiger partial charge in [0, 0.05) is 24.1 Å². The van der Waals surface area contributed by atoms with E-state index in [1.165, 1.54) is 0 Å². The molecular weight excluding hydrogens is 234 g/mol. The van der Waals surface area contributed by atoms with Crippen LogP contribution in [0.1, 0.15) is 24.6 Å². The van der Waals surface area contributed by atoms with Gasteiger partial charge in [0.1, 0.15) is 0 Å². The lowest BCUT2D eigenvalue weighted by atomic mass is 10.0. The van der Waals surface area contributed by atoms with Crippen molar-refractivity contribution in [3.05, 3.63) is 28.5 Å². The molecule has 3 nitrogen and oxygen atoms in total. The van der Waals surface area contributed by atoms with Crippen molar-refractivity contribution in [2.45, 2.75) is 19.8 Å². The van der Waals surface area contributed by atoms with Crippen LogP contribution in [0.2, 0.25) is 0 Å². The largest absolute Gasteiger partial charge is 0.396 e. The first-order valence-corrected chi connectivity index (χ1v) is 6.74. The van der Waals surface area contributed by atoms with Crippen molar-refractivity contribution in [2.24, 2.45) is 5.92 Å². The molecule has 0 bridgehead atoms. The highest BCUT2D eigenvalue weighted by Gasteiger charge is 2.06. The van der Waals surface area contributed by atoms with Crippen molar-refractivity contribution in [1.82, 2.24) is 5.32 Å². The monoisotopic (exact) mass is 253 g/mol. The second kappa shape index (κ2) is 8.03. The summed E-state index contributed by atoms with van der Waals surface area (Å²) in [6, 6.07) is 3.92. The molecule has 0 radical (unpaired) electrons. The third kappa shape index (κ3) is 5.65. The normalized spacial score (nSPS) is 12.8. The number of aliphatic hydroxyl groups is 1. The van der Waals surface area contributed by atoms with Gasteiger partial charge in [0.2, 0.25) is 5.91 Å². The molecule has 17 heavy (non-hydrogen) atoms. The van der Waals surface area contributed by atoms with E-state index in [9.17, 15) is 4.79 Å². The van der Waals surface area contributed by atoms with E-state index in [0.717, 1.165) is 17.7 Å². The minimum atomic E-state index is -0.0743. The Labute approximate surface area is 106 Å². The number of rotatable bonds is 7. The summed E-state index contributed by atoms with van der Waals surface area (Å²) < 4.78 is 0. The second-order valence-electron chi connectivity index (χ2n) is 3.88. The van der Waals surface area contributed by atoms with Crippen LogP contribution in [0.25, 0.3) is 6.08 Å². The van der Waals surface area contributed by atoms with Gasteiger partial charge in [-0.05, 0) is 29.9 Å². The van der Waals surface area contributed by atoms with Crippen LogP contribution in [0.15, 0.2) is 23.6 Å². The molecule has 0 aromatic carbocycles. The number of aliphatic hydroxyl groups excluding tert-OH is 1. The molecule has 94 valence electrons. The second-order valence-corrected chi connectivity index (χ2v) is 4.86. The molecule has 0 aliphatic carbocycles. The number of thiophene rings is 1. The molecule has 1 heterocycles. The average Bonchev–Trinajstić information content (AvgIpc) is 2.85. The molecule has 0 saturated heterocycles. The Balaban J connectivity index is 2.29. The van der Waals surface area contributed by atoms with Crippen LogP contribution >= 0.6 is 11.3 Å². The molecule has 1 amide bonds. The summed E-state index contributed by atoms with van der Waals surface area (Å²) in [4.78, 5) is 12.6. The molecule has 1 rings (SSSR count). The molecule has 2 N–H and O–H groups in total. The van der Waals surface area contributed by atoms with Gasteiger partial charge in [-0.2, -0.15) is 0 Å². The molecule has 1 aromatic rings. The van der Waals surface area contributed by atoms with Gasteiger partial charge in [0.15, 0.2) is 0 Å². The van der Waals surface area contributed by atoms with Crippen LogP contribution in [-0.2, 0) is 4.79 Å². The zero-order valence-corrected chi connectivity index (χ0v) is 10.9. The summed E-state index contributed by atoms with van der Waals surface area (Å²) in [5, 5.41) is 13.7. The number of carbonyl (C=O) groups excluding carboxylic acids is 1. The van der Waals surface area contributed by atoms with E-state index < -0.39 is 0 Å². The summed E-state index contributed by atoms with van der Waals surface area (Å²) in [5.41, 5.74) is 0. The van der Waals surface area contributed by atoms with E-state index in [1.54, 1.807) is 17.4 Å². The van der Waals surface area contributed by atoms with E-state index in [2.05, 4.69) is 12.2 Å². The molecule has 0 fully saturated rings. The minimum Gasteiger partial charge on any atom is -0.396 e. The first kappa shape index (κ1) is 13.9. The van der Waals surface area contributed by atoms with Crippen molar-refractivity contribution >= 4 is 23.3 Å². The highest BCUT2D eigenvalue weighted by molar-refractivity contribution is 7.10. The number of hydrogen-bond acceptors (Lipinski definition) is 3. The topological polar surface area (TPSA) is 49.3 Å². The summed E-state index contributed by atoms with van der Waals surface area (Å²) in [6.07, 6.45) is 5.07. The van der Waals surface area contributed by atoms with Crippen molar-refractivity contribution in [3.8, 4) is 0 Å². The Morgan fingerprint density at radius 3 is 3.06 bits per heavy atom. The summed E-state index contributed by atoms with van der Waals surface area (Å²) >= 11 is 1.60. The zero-order valence-electron chi connectivity index (χ0n) is 10.1. The number of hydrogen-bond donors (Lipinski definition) is 2. The minimum absolute atomic E-state index is 0.0743. The number of nitrogens with one attached hydrogen (secondary N) is 1. The molecule has 1 aromatic heterocycles. The van der Waals surface area contributed by atoms with Gasteiger partial charge in [-0.3, -0.25) is 4.79 Å². The van der Waals surface area contributed by atoms with Crippen LogP contribution in [0.3, 0.4) is 0 Å². The highest BCUT2D eigenvalue weighted by atomic mass is 32.1. The maximum absolute atomic E-state index is 11.5. The van der Waals surface area contributed by atoms with E-state index >= 15 is 0 Å². The van der Waals surface area contributed by atoms with Crippen LogP contribution in [-0.4, -0.2) is 24.2 Å². The lowest BCUT2D eigenvalue weighted by molar-refractivity contribution is -0.116. The van der Waals surface area contributed by atoms with Crippen molar-refractivity contribution < 1.29 is 9.90 Å². The molecule has 4 heteroatoms.